The van der Waals surface area contributed by atoms with Crippen LogP contribution in [0.5, 0.6) is 0 Å². The molecule has 0 bridgehead atoms. The number of nitro groups is 1. The molecule has 0 unspecified atom stereocenters. The van der Waals surface area contributed by atoms with Crippen LogP contribution < -0.4 is 10.1 Å². The van der Waals surface area contributed by atoms with Gasteiger partial charge in [-0.25, -0.2) is 13.8 Å². The predicted octanol–water partition coefficient (Wildman–Crippen LogP) is 3.81. The number of nitro benzene ring substituents is 1. The van der Waals surface area contributed by atoms with Crippen molar-refractivity contribution in [3.05, 3.63) is 99.1 Å². The first-order valence-electron chi connectivity index (χ1n) is 8.71. The van der Waals surface area contributed by atoms with Gasteiger partial charge in [0, 0.05) is 22.3 Å². The molecule has 0 aliphatic rings. The molecule has 0 atom stereocenters. The Balaban J connectivity index is 1.65. The molecule has 2 N–H and O–H groups in total. The lowest BCUT2D eigenvalue weighted by Gasteiger charge is -2.08. The Morgan fingerprint density at radius 1 is 1.00 bits per heavy atom. The highest BCUT2D eigenvalue weighted by Crippen LogP contribution is 2.19. The van der Waals surface area contributed by atoms with E-state index >= 15 is 0 Å². The first-order valence-corrected chi connectivity index (χ1v) is 10.6. The van der Waals surface area contributed by atoms with Crippen LogP contribution >= 0.6 is 11.6 Å². The summed E-state index contributed by atoms with van der Waals surface area (Å²) in [7, 11) is -3.81. The van der Waals surface area contributed by atoms with Crippen LogP contribution in [-0.2, 0) is 10.0 Å². The fourth-order valence-electron chi connectivity index (χ4n) is 2.51. The van der Waals surface area contributed by atoms with Crippen molar-refractivity contribution in [3.63, 3.8) is 0 Å². The molecule has 158 valence electrons. The van der Waals surface area contributed by atoms with E-state index in [1.807, 2.05) is 0 Å². The second-order valence-corrected chi connectivity index (χ2v) is 8.27. The summed E-state index contributed by atoms with van der Waals surface area (Å²) in [5, 5.41) is 15.1. The molecule has 11 heteroatoms. The summed E-state index contributed by atoms with van der Waals surface area (Å²) in [5.41, 5.74) is 2.84. The van der Waals surface area contributed by atoms with Crippen LogP contribution in [0.1, 0.15) is 15.9 Å². The molecule has 3 aromatic rings. The van der Waals surface area contributed by atoms with Crippen LogP contribution in [-0.4, -0.2) is 25.5 Å². The number of rotatable bonds is 7. The number of benzene rings is 3. The largest absolute Gasteiger partial charge is 0.280 e. The molecule has 3 aromatic carbocycles. The Hall–Kier alpha value is -3.76. The quantitative estimate of drug-likeness (QED) is 0.315. The lowest BCUT2D eigenvalue weighted by molar-refractivity contribution is -0.385. The molecular formula is C20H15ClN4O5S. The van der Waals surface area contributed by atoms with Gasteiger partial charge in [0.25, 0.3) is 21.6 Å². The van der Waals surface area contributed by atoms with Crippen LogP contribution in [0, 0.1) is 10.1 Å². The molecule has 1 amide bonds. The summed E-state index contributed by atoms with van der Waals surface area (Å²) in [6.45, 7) is 0. The van der Waals surface area contributed by atoms with Crippen molar-refractivity contribution in [3.8, 4) is 0 Å². The Bertz CT molecular complexity index is 1240. The van der Waals surface area contributed by atoms with E-state index in [1.54, 1.807) is 6.07 Å². The first kappa shape index (κ1) is 21.9. The van der Waals surface area contributed by atoms with Gasteiger partial charge in [-0.2, -0.15) is 5.10 Å². The van der Waals surface area contributed by atoms with Gasteiger partial charge < -0.3 is 0 Å². The predicted molar refractivity (Wildman–Crippen MR) is 117 cm³/mol. The third kappa shape index (κ3) is 5.65. The van der Waals surface area contributed by atoms with Gasteiger partial charge in [-0.3, -0.25) is 19.6 Å². The molecule has 0 aromatic heterocycles. The summed E-state index contributed by atoms with van der Waals surface area (Å²) in [6.07, 6.45) is 1.17. The molecular weight excluding hydrogens is 444 g/mol. The Labute approximate surface area is 182 Å². The highest BCUT2D eigenvalue weighted by atomic mass is 35.5. The molecule has 9 nitrogen and oxygen atoms in total. The van der Waals surface area contributed by atoms with Crippen molar-refractivity contribution in [1.82, 2.24) is 5.43 Å². The van der Waals surface area contributed by atoms with Gasteiger partial charge in [-0.15, -0.1) is 0 Å². The van der Waals surface area contributed by atoms with E-state index in [9.17, 15) is 23.3 Å². The van der Waals surface area contributed by atoms with E-state index in [2.05, 4.69) is 15.2 Å². The summed E-state index contributed by atoms with van der Waals surface area (Å²) >= 11 is 5.77. The van der Waals surface area contributed by atoms with E-state index in [4.69, 9.17) is 11.6 Å². The number of para-hydroxylation sites is 1. The van der Waals surface area contributed by atoms with E-state index < -0.39 is 20.9 Å². The lowest BCUT2D eigenvalue weighted by Crippen LogP contribution is -2.18. The Kier molecular flexibility index (Phi) is 6.63. The number of amides is 1. The van der Waals surface area contributed by atoms with Gasteiger partial charge in [0.05, 0.1) is 21.6 Å². The summed E-state index contributed by atoms with van der Waals surface area (Å²) < 4.78 is 27.2. The van der Waals surface area contributed by atoms with Gasteiger partial charge in [-0.05, 0) is 54.6 Å². The molecule has 0 saturated carbocycles. The fraction of sp³-hybridized carbons (Fsp3) is 0. The average molecular weight is 459 g/mol. The monoisotopic (exact) mass is 458 g/mol. The third-order valence-corrected chi connectivity index (χ3v) is 5.68. The molecule has 0 spiro atoms. The fourth-order valence-corrected chi connectivity index (χ4v) is 3.69. The zero-order chi connectivity index (χ0) is 22.4. The van der Waals surface area contributed by atoms with Crippen LogP contribution in [0.15, 0.2) is 82.8 Å². The van der Waals surface area contributed by atoms with Gasteiger partial charge in [-0.1, -0.05) is 23.7 Å². The highest BCUT2D eigenvalue weighted by molar-refractivity contribution is 7.92. The zero-order valence-corrected chi connectivity index (χ0v) is 17.3. The maximum atomic E-state index is 12.4. The lowest BCUT2D eigenvalue weighted by atomic mass is 10.2. The summed E-state index contributed by atoms with van der Waals surface area (Å²) in [5.74, 6) is -0.568. The van der Waals surface area contributed by atoms with Crippen molar-refractivity contribution in [1.29, 1.82) is 0 Å². The Morgan fingerprint density at radius 3 is 2.29 bits per heavy atom. The zero-order valence-electron chi connectivity index (χ0n) is 15.7. The number of hydrazone groups is 1. The minimum atomic E-state index is -3.81. The topological polar surface area (TPSA) is 131 Å². The smallest absolute Gasteiger partial charge is 0.278 e. The molecule has 0 saturated heterocycles. The molecule has 0 heterocycles. The summed E-state index contributed by atoms with van der Waals surface area (Å²) in [4.78, 5) is 22.7. The standard InChI is InChI=1S/C20H15ClN4O5S/c21-16-7-11-18(12-8-16)31(29,30)24-17-9-5-14(6-10-17)20(26)23-22-13-15-3-1-2-4-19(15)25(27)28/h1-13,24H,(H,23,26)/b22-13+. The number of hydrogen-bond donors (Lipinski definition) is 2. The number of nitrogens with one attached hydrogen (secondary N) is 2. The number of carbonyl (C=O) groups is 1. The Morgan fingerprint density at radius 2 is 1.65 bits per heavy atom. The molecule has 3 rings (SSSR count). The van der Waals surface area contributed by atoms with E-state index in [-0.39, 0.29) is 27.4 Å². The number of nitrogens with zero attached hydrogens (tertiary/aromatic N) is 2. The molecule has 0 aliphatic heterocycles. The van der Waals surface area contributed by atoms with E-state index in [0.717, 1.165) is 0 Å². The second kappa shape index (κ2) is 9.37. The van der Waals surface area contributed by atoms with Crippen molar-refractivity contribution in [2.75, 3.05) is 4.72 Å². The number of halogens is 1. The third-order valence-electron chi connectivity index (χ3n) is 4.03. The van der Waals surface area contributed by atoms with Crippen LogP contribution in [0.4, 0.5) is 11.4 Å². The maximum absolute atomic E-state index is 12.4. The van der Waals surface area contributed by atoms with Gasteiger partial charge in [0.2, 0.25) is 0 Å². The molecule has 0 fully saturated rings. The minimum Gasteiger partial charge on any atom is -0.280 e. The van der Waals surface area contributed by atoms with Crippen LogP contribution in [0.2, 0.25) is 5.02 Å². The highest BCUT2D eigenvalue weighted by Gasteiger charge is 2.14. The minimum absolute atomic E-state index is 0.0445. The summed E-state index contributed by atoms with van der Waals surface area (Å²) in [6, 6.07) is 17.3. The number of sulfonamides is 1. The second-order valence-electron chi connectivity index (χ2n) is 6.15. The van der Waals surface area contributed by atoms with Gasteiger partial charge in [0.1, 0.15) is 0 Å². The van der Waals surface area contributed by atoms with Crippen LogP contribution in [0.25, 0.3) is 0 Å². The van der Waals surface area contributed by atoms with Gasteiger partial charge >= 0.3 is 0 Å². The first-order chi connectivity index (χ1) is 14.8. The van der Waals surface area contributed by atoms with Crippen molar-refractivity contribution < 1.29 is 18.1 Å². The molecule has 31 heavy (non-hydrogen) atoms. The number of carbonyl (C=O) groups excluding carboxylic acids is 1. The number of anilines is 1. The molecule has 0 radical (unpaired) electrons. The number of hydrogen-bond acceptors (Lipinski definition) is 6. The normalized spacial score (nSPS) is 11.3. The van der Waals surface area contributed by atoms with Crippen molar-refractivity contribution in [2.45, 2.75) is 4.90 Å². The van der Waals surface area contributed by atoms with Crippen LogP contribution in [0.3, 0.4) is 0 Å². The van der Waals surface area contributed by atoms with Gasteiger partial charge in [0.15, 0.2) is 0 Å². The van der Waals surface area contributed by atoms with E-state index in [0.29, 0.717) is 5.02 Å². The SMILES string of the molecule is O=C(N/N=C/c1ccccc1[N+](=O)[O-])c1ccc(NS(=O)(=O)c2ccc(Cl)cc2)cc1. The molecule has 0 aliphatic carbocycles. The van der Waals surface area contributed by atoms with Crippen molar-refractivity contribution >= 4 is 45.1 Å². The van der Waals surface area contributed by atoms with E-state index in [1.165, 1.54) is 72.9 Å². The maximum Gasteiger partial charge on any atom is 0.278 e. The van der Waals surface area contributed by atoms with Crippen molar-refractivity contribution in [2.24, 2.45) is 5.10 Å². The average Bonchev–Trinajstić information content (AvgIpc) is 2.74.